The Hall–Kier alpha value is -2.45. The Balaban J connectivity index is 1.35. The van der Waals surface area contributed by atoms with Crippen LogP contribution in [0, 0.1) is 13.8 Å². The molecule has 0 unspecified atom stereocenters. The van der Waals surface area contributed by atoms with E-state index >= 15 is 0 Å². The zero-order chi connectivity index (χ0) is 19.1. The van der Waals surface area contributed by atoms with E-state index in [-0.39, 0.29) is 0 Å². The highest BCUT2D eigenvalue weighted by Crippen LogP contribution is 2.38. The van der Waals surface area contributed by atoms with Crippen molar-refractivity contribution in [2.45, 2.75) is 39.2 Å². The molecule has 28 heavy (non-hydrogen) atoms. The molecule has 0 saturated carbocycles. The number of hydrogen-bond donors (Lipinski definition) is 0. The monoisotopic (exact) mass is 398 g/mol. The van der Waals surface area contributed by atoms with Crippen LogP contribution in [0.1, 0.15) is 41.3 Å². The second-order valence-corrected chi connectivity index (χ2v) is 8.28. The van der Waals surface area contributed by atoms with Crippen molar-refractivity contribution in [3.8, 4) is 22.1 Å². The Morgan fingerprint density at radius 3 is 2.86 bits per heavy atom. The summed E-state index contributed by atoms with van der Waals surface area (Å²) in [6.45, 7) is 7.31. The molecule has 7 nitrogen and oxygen atoms in total. The van der Waals surface area contributed by atoms with Gasteiger partial charge in [0.2, 0.25) is 6.79 Å². The average molecular weight is 398 g/mol. The van der Waals surface area contributed by atoms with Crippen LogP contribution in [0.5, 0.6) is 11.5 Å². The summed E-state index contributed by atoms with van der Waals surface area (Å²) in [5, 5.41) is 8.46. The average Bonchev–Trinajstić information content (AvgIpc) is 3.42. The first-order valence-corrected chi connectivity index (χ1v) is 10.3. The van der Waals surface area contributed by atoms with Crippen molar-refractivity contribution in [3.05, 3.63) is 40.7 Å². The van der Waals surface area contributed by atoms with Crippen LogP contribution in [-0.4, -0.2) is 39.5 Å². The van der Waals surface area contributed by atoms with E-state index in [1.807, 2.05) is 13.0 Å². The number of piperidine rings is 1. The van der Waals surface area contributed by atoms with Gasteiger partial charge in [-0.25, -0.2) is 0 Å². The Kier molecular flexibility index (Phi) is 4.52. The molecule has 8 heteroatoms. The van der Waals surface area contributed by atoms with Gasteiger partial charge in [-0.1, -0.05) is 9.64 Å². The van der Waals surface area contributed by atoms with Gasteiger partial charge in [0.05, 0.1) is 11.4 Å². The number of rotatable bonds is 4. The van der Waals surface area contributed by atoms with Crippen LogP contribution < -0.4 is 9.47 Å². The van der Waals surface area contributed by atoms with Gasteiger partial charge >= 0.3 is 0 Å². The third-order valence-electron chi connectivity index (χ3n) is 5.48. The van der Waals surface area contributed by atoms with Crippen molar-refractivity contribution in [1.82, 2.24) is 19.6 Å². The summed E-state index contributed by atoms with van der Waals surface area (Å²) in [6.07, 6.45) is 2.25. The predicted molar refractivity (Wildman–Crippen MR) is 105 cm³/mol. The van der Waals surface area contributed by atoms with Gasteiger partial charge in [-0.15, -0.1) is 5.10 Å². The number of aromatic nitrogens is 3. The SMILES string of the molecule is Cc1cc(-c2snnc2[C@@H]2CCCN(Cc3cc4c(cc3C)OCO4)C2)on1. The first-order valence-electron chi connectivity index (χ1n) is 9.55. The molecule has 0 aliphatic carbocycles. The molecule has 1 atom stereocenters. The number of ether oxygens (including phenoxy) is 2. The summed E-state index contributed by atoms with van der Waals surface area (Å²) in [4.78, 5) is 3.50. The lowest BCUT2D eigenvalue weighted by molar-refractivity contribution is 0.173. The Labute approximate surface area is 167 Å². The normalized spacial score (nSPS) is 19.3. The molecule has 1 aromatic carbocycles. The first kappa shape index (κ1) is 17.6. The molecule has 0 spiro atoms. The summed E-state index contributed by atoms with van der Waals surface area (Å²) in [5.41, 5.74) is 4.43. The van der Waals surface area contributed by atoms with E-state index in [0.717, 1.165) is 66.0 Å². The highest BCUT2D eigenvalue weighted by molar-refractivity contribution is 7.09. The van der Waals surface area contributed by atoms with E-state index in [4.69, 9.17) is 14.0 Å². The highest BCUT2D eigenvalue weighted by atomic mass is 32.1. The molecule has 2 aliphatic heterocycles. The smallest absolute Gasteiger partial charge is 0.231 e. The van der Waals surface area contributed by atoms with Gasteiger partial charge in [-0.2, -0.15) is 0 Å². The fourth-order valence-electron chi connectivity index (χ4n) is 4.03. The van der Waals surface area contributed by atoms with E-state index in [1.54, 1.807) is 0 Å². The Morgan fingerprint density at radius 1 is 1.18 bits per heavy atom. The quantitative estimate of drug-likeness (QED) is 0.659. The zero-order valence-corrected chi connectivity index (χ0v) is 16.8. The van der Waals surface area contributed by atoms with Crippen molar-refractivity contribution in [2.75, 3.05) is 19.9 Å². The van der Waals surface area contributed by atoms with Gasteiger partial charge in [0.15, 0.2) is 17.3 Å². The summed E-state index contributed by atoms with van der Waals surface area (Å²) in [6, 6.07) is 6.15. The van der Waals surface area contributed by atoms with Gasteiger partial charge in [0.1, 0.15) is 4.88 Å². The fourth-order valence-corrected chi connectivity index (χ4v) is 4.72. The molecule has 2 aromatic heterocycles. The van der Waals surface area contributed by atoms with Crippen LogP contribution in [0.15, 0.2) is 22.7 Å². The molecule has 1 fully saturated rings. The van der Waals surface area contributed by atoms with E-state index in [2.05, 4.69) is 38.7 Å². The summed E-state index contributed by atoms with van der Waals surface area (Å²) < 4.78 is 20.7. The lowest BCUT2D eigenvalue weighted by Crippen LogP contribution is -2.34. The minimum Gasteiger partial charge on any atom is -0.454 e. The van der Waals surface area contributed by atoms with Crippen LogP contribution >= 0.6 is 11.5 Å². The molecule has 2 aliphatic rings. The van der Waals surface area contributed by atoms with Crippen LogP contribution in [0.4, 0.5) is 0 Å². The second-order valence-electron chi connectivity index (χ2n) is 7.53. The molecule has 0 N–H and O–H groups in total. The van der Waals surface area contributed by atoms with Gasteiger partial charge in [-0.3, -0.25) is 4.90 Å². The summed E-state index contributed by atoms with van der Waals surface area (Å²) in [5.74, 6) is 2.81. The van der Waals surface area contributed by atoms with Gasteiger partial charge in [0.25, 0.3) is 0 Å². The lowest BCUT2D eigenvalue weighted by atomic mass is 9.93. The van der Waals surface area contributed by atoms with Gasteiger partial charge < -0.3 is 14.0 Å². The molecule has 5 rings (SSSR count). The van der Waals surface area contributed by atoms with E-state index in [0.29, 0.717) is 12.7 Å². The third-order valence-corrected chi connectivity index (χ3v) is 6.24. The largest absolute Gasteiger partial charge is 0.454 e. The maximum Gasteiger partial charge on any atom is 0.231 e. The van der Waals surface area contributed by atoms with Crippen molar-refractivity contribution >= 4 is 11.5 Å². The molecule has 3 aromatic rings. The van der Waals surface area contributed by atoms with Crippen LogP contribution in [0.25, 0.3) is 10.6 Å². The van der Waals surface area contributed by atoms with Crippen LogP contribution in [-0.2, 0) is 6.54 Å². The number of fused-ring (bicyclic) bond motifs is 1. The summed E-state index contributed by atoms with van der Waals surface area (Å²) in [7, 11) is 0. The summed E-state index contributed by atoms with van der Waals surface area (Å²) >= 11 is 1.39. The number of nitrogens with zero attached hydrogens (tertiary/aromatic N) is 4. The number of hydrogen-bond acceptors (Lipinski definition) is 8. The molecule has 0 amide bonds. The van der Waals surface area contributed by atoms with Gasteiger partial charge in [0, 0.05) is 25.1 Å². The minimum atomic E-state index is 0.310. The van der Waals surface area contributed by atoms with Crippen molar-refractivity contribution in [2.24, 2.45) is 0 Å². The fraction of sp³-hybridized carbons (Fsp3) is 0.450. The predicted octanol–water partition coefficient (Wildman–Crippen LogP) is 3.92. The highest BCUT2D eigenvalue weighted by Gasteiger charge is 2.28. The van der Waals surface area contributed by atoms with Crippen molar-refractivity contribution < 1.29 is 14.0 Å². The maximum atomic E-state index is 5.56. The van der Waals surface area contributed by atoms with Gasteiger partial charge in [-0.05, 0) is 68.0 Å². The minimum absolute atomic E-state index is 0.310. The number of benzene rings is 1. The molecule has 4 heterocycles. The molecular weight excluding hydrogens is 376 g/mol. The van der Waals surface area contributed by atoms with E-state index in [9.17, 15) is 0 Å². The van der Waals surface area contributed by atoms with E-state index < -0.39 is 0 Å². The van der Waals surface area contributed by atoms with Crippen LogP contribution in [0.2, 0.25) is 0 Å². The molecule has 1 saturated heterocycles. The first-order chi connectivity index (χ1) is 13.7. The van der Waals surface area contributed by atoms with E-state index in [1.165, 1.54) is 22.7 Å². The maximum absolute atomic E-state index is 5.56. The molecule has 146 valence electrons. The zero-order valence-electron chi connectivity index (χ0n) is 16.0. The second kappa shape index (κ2) is 7.18. The third kappa shape index (κ3) is 3.27. The van der Waals surface area contributed by atoms with Crippen molar-refractivity contribution in [1.29, 1.82) is 0 Å². The topological polar surface area (TPSA) is 73.5 Å². The lowest BCUT2D eigenvalue weighted by Gasteiger charge is -2.32. The standard InChI is InChI=1S/C20H22N4O3S/c1-12-6-16-17(26-11-25-16)8-15(12)10-24-5-3-4-14(9-24)19-20(28-23-21-19)18-7-13(2)22-27-18/h6-8,14H,3-5,9-11H2,1-2H3/t14-/m1/s1. The number of likely N-dealkylation sites (tertiary alicyclic amines) is 1. The Bertz CT molecular complexity index is 999. The molecular formula is C20H22N4O3S. The molecule has 0 radical (unpaired) electrons. The van der Waals surface area contributed by atoms with Crippen molar-refractivity contribution in [3.63, 3.8) is 0 Å². The van der Waals surface area contributed by atoms with Crippen LogP contribution in [0.3, 0.4) is 0 Å². The Morgan fingerprint density at radius 2 is 2.04 bits per heavy atom. The number of aryl methyl sites for hydroxylation is 2. The molecule has 0 bridgehead atoms.